The SMILES string of the molecule is CCOC(=O)CN=[N+]=[N-].CCOC(=O)c1cc2ccsc2[nH]1.O=Cc1ccsc1. The van der Waals surface area contributed by atoms with Crippen LogP contribution in [-0.2, 0) is 14.3 Å². The molecule has 0 aromatic carbocycles. The maximum atomic E-state index is 11.3. The van der Waals surface area contributed by atoms with Gasteiger partial charge < -0.3 is 14.5 Å². The Kier molecular flexibility index (Phi) is 11.5. The number of esters is 2. The molecule has 3 rings (SSSR count). The number of H-pyrrole nitrogens is 1. The fourth-order valence-electron chi connectivity index (χ4n) is 1.81. The average Bonchev–Trinajstić information content (AvgIpc) is 3.44. The molecule has 11 heteroatoms. The van der Waals surface area contributed by atoms with Gasteiger partial charge in [0.05, 0.1) is 13.2 Å². The second kappa shape index (κ2) is 13.9. The van der Waals surface area contributed by atoms with E-state index in [1.54, 1.807) is 31.3 Å². The lowest BCUT2D eigenvalue weighted by atomic mass is 10.4. The lowest BCUT2D eigenvalue weighted by Gasteiger charge is -1.96. The Morgan fingerprint density at radius 3 is 2.52 bits per heavy atom. The molecule has 3 aromatic rings. The Morgan fingerprint density at radius 1 is 1.24 bits per heavy atom. The molecule has 0 aliphatic carbocycles. The summed E-state index contributed by atoms with van der Waals surface area (Å²) < 4.78 is 9.30. The zero-order valence-electron chi connectivity index (χ0n) is 15.9. The topological polar surface area (TPSA) is 134 Å². The van der Waals surface area contributed by atoms with E-state index in [0.29, 0.717) is 18.9 Å². The van der Waals surface area contributed by atoms with Crippen LogP contribution in [0.2, 0.25) is 0 Å². The van der Waals surface area contributed by atoms with Crippen LogP contribution in [0.3, 0.4) is 0 Å². The van der Waals surface area contributed by atoms with Gasteiger partial charge in [0.2, 0.25) is 0 Å². The summed E-state index contributed by atoms with van der Waals surface area (Å²) >= 11 is 3.11. The van der Waals surface area contributed by atoms with Gasteiger partial charge in [-0.05, 0) is 48.3 Å². The Hall–Kier alpha value is -3.14. The molecule has 0 radical (unpaired) electrons. The van der Waals surface area contributed by atoms with Crippen molar-refractivity contribution in [1.82, 2.24) is 4.98 Å². The van der Waals surface area contributed by atoms with Crippen molar-refractivity contribution in [3.8, 4) is 0 Å². The number of azide groups is 1. The number of ether oxygens (including phenoxy) is 2. The molecule has 0 fully saturated rings. The first-order valence-electron chi connectivity index (χ1n) is 8.42. The van der Waals surface area contributed by atoms with E-state index in [9.17, 15) is 14.4 Å². The minimum absolute atomic E-state index is 0.218. The van der Waals surface area contributed by atoms with Crippen LogP contribution in [-0.4, -0.2) is 43.0 Å². The van der Waals surface area contributed by atoms with Gasteiger partial charge in [-0.1, -0.05) is 5.11 Å². The molecule has 0 aliphatic rings. The third-order valence-corrected chi connectivity index (χ3v) is 4.53. The van der Waals surface area contributed by atoms with Gasteiger partial charge in [0, 0.05) is 21.2 Å². The van der Waals surface area contributed by atoms with Gasteiger partial charge in [0.15, 0.2) is 6.29 Å². The van der Waals surface area contributed by atoms with Crippen LogP contribution in [0.4, 0.5) is 0 Å². The monoisotopic (exact) mass is 436 g/mol. The number of hydrogen-bond donors (Lipinski definition) is 1. The molecule has 0 atom stereocenters. The molecule has 0 saturated carbocycles. The fourth-order valence-corrected chi connectivity index (χ4v) is 3.19. The number of fused-ring (bicyclic) bond motifs is 1. The molecule has 154 valence electrons. The number of carbonyl (C=O) groups is 3. The number of nitrogens with one attached hydrogen (secondary N) is 1. The molecule has 3 aromatic heterocycles. The van der Waals surface area contributed by atoms with Crippen LogP contribution >= 0.6 is 22.7 Å². The van der Waals surface area contributed by atoms with Crippen LogP contribution in [0.1, 0.15) is 34.7 Å². The van der Waals surface area contributed by atoms with E-state index >= 15 is 0 Å². The van der Waals surface area contributed by atoms with Crippen LogP contribution in [0, 0.1) is 0 Å². The third kappa shape index (κ3) is 9.06. The zero-order chi connectivity index (χ0) is 21.5. The molecule has 9 nitrogen and oxygen atoms in total. The quantitative estimate of drug-likeness (QED) is 0.194. The van der Waals surface area contributed by atoms with Crippen molar-refractivity contribution in [2.24, 2.45) is 5.11 Å². The van der Waals surface area contributed by atoms with E-state index in [2.05, 4.69) is 19.7 Å². The normalized spacial score (nSPS) is 9.17. The molecular weight excluding hydrogens is 416 g/mol. The summed E-state index contributed by atoms with van der Waals surface area (Å²) in [4.78, 5) is 37.9. The third-order valence-electron chi connectivity index (χ3n) is 2.99. The van der Waals surface area contributed by atoms with E-state index in [1.165, 1.54) is 11.3 Å². The number of carbonyl (C=O) groups excluding carboxylic acids is 3. The number of aromatic nitrogens is 1. The van der Waals surface area contributed by atoms with Crippen molar-refractivity contribution in [3.05, 3.63) is 56.0 Å². The fraction of sp³-hybridized carbons (Fsp3) is 0.278. The molecule has 0 unspecified atom stereocenters. The predicted octanol–water partition coefficient (Wildman–Crippen LogP) is 4.83. The van der Waals surface area contributed by atoms with E-state index in [0.717, 1.165) is 22.1 Å². The predicted molar refractivity (Wildman–Crippen MR) is 112 cm³/mol. The molecule has 0 amide bonds. The Labute approximate surface area is 174 Å². The van der Waals surface area contributed by atoms with Crippen molar-refractivity contribution < 1.29 is 23.9 Å². The summed E-state index contributed by atoms with van der Waals surface area (Å²) in [6.07, 6.45) is 0.844. The largest absolute Gasteiger partial charge is 0.466 e. The molecular formula is C18H20N4O5S2. The number of thiophene rings is 2. The van der Waals surface area contributed by atoms with Crippen molar-refractivity contribution in [3.63, 3.8) is 0 Å². The Bertz CT molecular complexity index is 914. The van der Waals surface area contributed by atoms with Crippen molar-refractivity contribution in [2.75, 3.05) is 19.8 Å². The van der Waals surface area contributed by atoms with Crippen LogP contribution in [0.5, 0.6) is 0 Å². The highest BCUT2D eigenvalue weighted by molar-refractivity contribution is 7.16. The number of aromatic amines is 1. The maximum absolute atomic E-state index is 11.3. The summed E-state index contributed by atoms with van der Waals surface area (Å²) in [5, 5.41) is 9.73. The number of hydrogen-bond acceptors (Lipinski definition) is 8. The van der Waals surface area contributed by atoms with Crippen molar-refractivity contribution in [2.45, 2.75) is 13.8 Å². The summed E-state index contributed by atoms with van der Waals surface area (Å²) in [7, 11) is 0. The van der Waals surface area contributed by atoms with Crippen molar-refractivity contribution >= 4 is 51.1 Å². The first kappa shape index (κ1) is 23.9. The highest BCUT2D eigenvalue weighted by Gasteiger charge is 2.10. The lowest BCUT2D eigenvalue weighted by molar-refractivity contribution is -0.141. The van der Waals surface area contributed by atoms with E-state index in [1.807, 2.05) is 28.3 Å². The maximum Gasteiger partial charge on any atom is 0.354 e. The van der Waals surface area contributed by atoms with Crippen molar-refractivity contribution in [1.29, 1.82) is 0 Å². The standard InChI is InChI=1S/C9H9NO2S.C5H4OS.C4H7N3O2/c1-2-12-9(11)7-5-6-3-4-13-8(6)10-7;6-3-5-1-2-7-4-5;1-2-9-4(8)3-6-7-5/h3-5,10H,2H2,1H3;1-4H;2-3H2,1H3. The van der Waals surface area contributed by atoms with Gasteiger partial charge in [-0.3, -0.25) is 9.59 Å². The highest BCUT2D eigenvalue weighted by atomic mass is 32.1. The summed E-state index contributed by atoms with van der Waals surface area (Å²) in [6.45, 7) is 3.99. The smallest absolute Gasteiger partial charge is 0.354 e. The zero-order valence-corrected chi connectivity index (χ0v) is 17.5. The molecule has 0 bridgehead atoms. The lowest BCUT2D eigenvalue weighted by Crippen LogP contribution is -2.06. The molecule has 1 N–H and O–H groups in total. The molecule has 0 aliphatic heterocycles. The van der Waals surface area contributed by atoms with Crippen LogP contribution < -0.4 is 0 Å². The van der Waals surface area contributed by atoms with Crippen LogP contribution in [0.25, 0.3) is 20.7 Å². The second-order valence-corrected chi connectivity index (χ2v) is 6.67. The molecule has 29 heavy (non-hydrogen) atoms. The first-order valence-corrected chi connectivity index (χ1v) is 10.2. The van der Waals surface area contributed by atoms with Gasteiger partial charge in [-0.15, -0.1) is 11.3 Å². The van der Waals surface area contributed by atoms with Crippen LogP contribution in [0.15, 0.2) is 39.5 Å². The molecule has 3 heterocycles. The molecule has 0 saturated heterocycles. The first-order chi connectivity index (χ1) is 14.0. The van der Waals surface area contributed by atoms with E-state index in [-0.39, 0.29) is 12.5 Å². The highest BCUT2D eigenvalue weighted by Crippen LogP contribution is 2.21. The van der Waals surface area contributed by atoms with Gasteiger partial charge in [-0.25, -0.2) is 4.79 Å². The summed E-state index contributed by atoms with van der Waals surface area (Å²) in [6, 6.07) is 5.57. The number of aldehydes is 1. The van der Waals surface area contributed by atoms with E-state index < -0.39 is 5.97 Å². The van der Waals surface area contributed by atoms with E-state index in [4.69, 9.17) is 10.3 Å². The second-order valence-electron chi connectivity index (χ2n) is 4.98. The minimum atomic E-state index is -0.490. The summed E-state index contributed by atoms with van der Waals surface area (Å²) in [5.41, 5.74) is 9.03. The van der Waals surface area contributed by atoms with Gasteiger partial charge in [0.25, 0.3) is 0 Å². The minimum Gasteiger partial charge on any atom is -0.466 e. The van der Waals surface area contributed by atoms with Gasteiger partial charge >= 0.3 is 11.9 Å². The van der Waals surface area contributed by atoms with Gasteiger partial charge in [-0.2, -0.15) is 11.3 Å². The van der Waals surface area contributed by atoms with Gasteiger partial charge in [0.1, 0.15) is 17.1 Å². The number of nitrogens with zero attached hydrogens (tertiary/aromatic N) is 3. The average molecular weight is 437 g/mol. The Morgan fingerprint density at radius 2 is 2.00 bits per heavy atom. The molecule has 0 spiro atoms. The Balaban J connectivity index is 0.000000231. The summed E-state index contributed by atoms with van der Waals surface area (Å²) in [5.74, 6) is -0.777. The number of rotatable bonds is 6.